The maximum Gasteiger partial charge on any atom is 0.222 e. The molecule has 3 unspecified atom stereocenters. The first kappa shape index (κ1) is 14.1. The van der Waals surface area contributed by atoms with Crippen molar-refractivity contribution in [2.45, 2.75) is 31.7 Å². The van der Waals surface area contributed by atoms with Gasteiger partial charge in [0.15, 0.2) is 0 Å². The molecule has 2 aliphatic rings. The number of nitrogens with zero attached hydrogens (tertiary/aromatic N) is 1. The minimum absolute atomic E-state index is 0.284. The van der Waals surface area contributed by atoms with Crippen molar-refractivity contribution < 1.29 is 4.79 Å². The number of benzene rings is 1. The van der Waals surface area contributed by atoms with Gasteiger partial charge in [0.25, 0.3) is 0 Å². The fraction of sp³-hybridized carbons (Fsp3) is 0.562. The van der Waals surface area contributed by atoms with Gasteiger partial charge in [0, 0.05) is 30.0 Å². The normalized spacial score (nSPS) is 28.7. The monoisotopic (exact) mass is 336 g/mol. The third-order valence-electron chi connectivity index (χ3n) is 4.78. The van der Waals surface area contributed by atoms with Crippen LogP contribution < -0.4 is 5.73 Å². The van der Waals surface area contributed by atoms with Crippen LogP contribution in [-0.4, -0.2) is 29.9 Å². The summed E-state index contributed by atoms with van der Waals surface area (Å²) in [5.41, 5.74) is 7.33. The molecule has 1 aromatic rings. The molecular formula is C16H21BrN2O. The molecule has 1 saturated heterocycles. The molecule has 3 rings (SSSR count). The smallest absolute Gasteiger partial charge is 0.222 e. The fourth-order valence-corrected chi connectivity index (χ4v) is 4.06. The lowest BCUT2D eigenvalue weighted by molar-refractivity contribution is -0.130. The van der Waals surface area contributed by atoms with Crippen molar-refractivity contribution >= 4 is 21.8 Å². The van der Waals surface area contributed by atoms with Crippen molar-refractivity contribution in [2.24, 2.45) is 17.6 Å². The van der Waals surface area contributed by atoms with Gasteiger partial charge in [-0.3, -0.25) is 4.79 Å². The van der Waals surface area contributed by atoms with E-state index in [0.29, 0.717) is 24.3 Å². The van der Waals surface area contributed by atoms with Crippen molar-refractivity contribution in [3.8, 4) is 0 Å². The second-order valence-electron chi connectivity index (χ2n) is 6.09. The van der Waals surface area contributed by atoms with E-state index in [4.69, 9.17) is 5.73 Å². The average molecular weight is 337 g/mol. The Labute approximate surface area is 128 Å². The summed E-state index contributed by atoms with van der Waals surface area (Å²) >= 11 is 3.47. The van der Waals surface area contributed by atoms with Crippen LogP contribution in [0.15, 0.2) is 28.7 Å². The van der Waals surface area contributed by atoms with Crippen molar-refractivity contribution in [3.63, 3.8) is 0 Å². The van der Waals surface area contributed by atoms with Gasteiger partial charge in [0.1, 0.15) is 0 Å². The highest BCUT2D eigenvalue weighted by Crippen LogP contribution is 2.37. The van der Waals surface area contributed by atoms with Gasteiger partial charge in [-0.2, -0.15) is 0 Å². The largest absolute Gasteiger partial charge is 0.342 e. The Bertz CT molecular complexity index is 505. The third kappa shape index (κ3) is 2.91. The van der Waals surface area contributed by atoms with Gasteiger partial charge >= 0.3 is 0 Å². The maximum absolute atomic E-state index is 12.3. The lowest BCUT2D eigenvalue weighted by Crippen LogP contribution is -2.33. The molecule has 4 heteroatoms. The zero-order chi connectivity index (χ0) is 14.1. The van der Waals surface area contributed by atoms with E-state index in [1.54, 1.807) is 0 Å². The van der Waals surface area contributed by atoms with Crippen LogP contribution in [0.25, 0.3) is 0 Å². The first-order valence-corrected chi connectivity index (χ1v) is 8.20. The Morgan fingerprint density at radius 1 is 1.35 bits per heavy atom. The molecule has 2 fully saturated rings. The molecule has 1 aromatic carbocycles. The summed E-state index contributed by atoms with van der Waals surface area (Å²) < 4.78 is 1.07. The molecule has 1 saturated carbocycles. The van der Waals surface area contributed by atoms with Crippen LogP contribution >= 0.6 is 15.9 Å². The zero-order valence-electron chi connectivity index (χ0n) is 11.6. The van der Waals surface area contributed by atoms with Gasteiger partial charge in [0.2, 0.25) is 5.91 Å². The zero-order valence-corrected chi connectivity index (χ0v) is 13.2. The Morgan fingerprint density at radius 3 is 2.95 bits per heavy atom. The van der Waals surface area contributed by atoms with E-state index in [9.17, 15) is 4.79 Å². The van der Waals surface area contributed by atoms with Crippen LogP contribution in [0.1, 0.15) is 24.8 Å². The molecule has 1 aliphatic heterocycles. The quantitative estimate of drug-likeness (QED) is 0.922. The van der Waals surface area contributed by atoms with Crippen LogP contribution in [-0.2, 0) is 11.2 Å². The Hall–Kier alpha value is -0.870. The molecule has 20 heavy (non-hydrogen) atoms. The third-order valence-corrected chi connectivity index (χ3v) is 5.27. The fourth-order valence-electron chi connectivity index (χ4n) is 3.61. The molecule has 1 aliphatic carbocycles. The minimum atomic E-state index is 0.284. The number of halogens is 1. The number of likely N-dealkylation sites (tertiary alicyclic amines) is 1. The molecule has 2 N–H and O–H groups in total. The lowest BCUT2D eigenvalue weighted by atomic mass is 9.98. The molecule has 0 bridgehead atoms. The summed E-state index contributed by atoms with van der Waals surface area (Å²) in [6, 6.07) is 8.49. The lowest BCUT2D eigenvalue weighted by Gasteiger charge is -2.18. The van der Waals surface area contributed by atoms with Crippen LogP contribution in [0.4, 0.5) is 0 Å². The number of carbonyl (C=O) groups excluding carboxylic acids is 1. The predicted molar refractivity (Wildman–Crippen MR) is 83.2 cm³/mol. The number of hydrogen-bond acceptors (Lipinski definition) is 2. The average Bonchev–Trinajstić information content (AvgIpc) is 2.99. The highest BCUT2D eigenvalue weighted by Gasteiger charge is 2.42. The Balaban J connectivity index is 1.53. The van der Waals surface area contributed by atoms with E-state index in [1.165, 1.54) is 12.0 Å². The molecule has 108 valence electrons. The van der Waals surface area contributed by atoms with Gasteiger partial charge in [-0.05, 0) is 48.8 Å². The van der Waals surface area contributed by atoms with E-state index in [-0.39, 0.29) is 5.91 Å². The molecule has 3 nitrogen and oxygen atoms in total. The van der Waals surface area contributed by atoms with Crippen molar-refractivity contribution in [1.29, 1.82) is 0 Å². The van der Waals surface area contributed by atoms with E-state index in [1.807, 2.05) is 17.0 Å². The van der Waals surface area contributed by atoms with Crippen molar-refractivity contribution in [1.82, 2.24) is 4.90 Å². The van der Waals surface area contributed by atoms with E-state index < -0.39 is 0 Å². The van der Waals surface area contributed by atoms with Crippen LogP contribution in [0, 0.1) is 11.8 Å². The van der Waals surface area contributed by atoms with E-state index in [2.05, 4.69) is 28.1 Å². The Morgan fingerprint density at radius 2 is 2.20 bits per heavy atom. The van der Waals surface area contributed by atoms with Gasteiger partial charge in [-0.1, -0.05) is 28.1 Å². The van der Waals surface area contributed by atoms with Crippen LogP contribution in [0.3, 0.4) is 0 Å². The van der Waals surface area contributed by atoms with E-state index in [0.717, 1.165) is 30.4 Å². The first-order chi connectivity index (χ1) is 9.63. The van der Waals surface area contributed by atoms with Gasteiger partial charge in [-0.25, -0.2) is 0 Å². The summed E-state index contributed by atoms with van der Waals surface area (Å²) in [7, 11) is 0. The number of fused-ring (bicyclic) bond motifs is 1. The van der Waals surface area contributed by atoms with Crippen molar-refractivity contribution in [3.05, 3.63) is 34.3 Å². The predicted octanol–water partition coefficient (Wildman–Crippen LogP) is 2.58. The standard InChI is InChI=1S/C16H21BrN2O/c17-13-3-1-2-11(8-13)4-7-16(20)19-9-12-5-6-15(18)14(12)10-19/h1-3,8,12,14-15H,4-7,9-10,18H2. The molecule has 0 aromatic heterocycles. The number of nitrogens with two attached hydrogens (primary N) is 1. The highest BCUT2D eigenvalue weighted by molar-refractivity contribution is 9.10. The van der Waals surface area contributed by atoms with Gasteiger partial charge in [0.05, 0.1) is 0 Å². The molecular weight excluding hydrogens is 316 g/mol. The number of amides is 1. The first-order valence-electron chi connectivity index (χ1n) is 7.41. The van der Waals surface area contributed by atoms with Gasteiger partial charge < -0.3 is 10.6 Å². The topological polar surface area (TPSA) is 46.3 Å². The molecule has 0 spiro atoms. The number of rotatable bonds is 3. The Kier molecular flexibility index (Phi) is 4.13. The van der Waals surface area contributed by atoms with Crippen LogP contribution in [0.5, 0.6) is 0 Å². The van der Waals surface area contributed by atoms with Crippen LogP contribution in [0.2, 0.25) is 0 Å². The van der Waals surface area contributed by atoms with Gasteiger partial charge in [-0.15, -0.1) is 0 Å². The molecule has 0 radical (unpaired) electrons. The highest BCUT2D eigenvalue weighted by atomic mass is 79.9. The molecule has 1 amide bonds. The SMILES string of the molecule is NC1CCC2CN(C(=O)CCc3cccc(Br)c3)CC12. The maximum atomic E-state index is 12.3. The minimum Gasteiger partial charge on any atom is -0.342 e. The summed E-state index contributed by atoms with van der Waals surface area (Å²) in [5, 5.41) is 0. The van der Waals surface area contributed by atoms with E-state index >= 15 is 0 Å². The summed E-state index contributed by atoms with van der Waals surface area (Å²) in [6.07, 6.45) is 3.75. The molecule has 1 heterocycles. The second kappa shape index (κ2) is 5.86. The molecule has 3 atom stereocenters. The number of hydrogen-bond donors (Lipinski definition) is 1. The number of aryl methyl sites for hydroxylation is 1. The summed E-state index contributed by atoms with van der Waals surface area (Å²) in [6.45, 7) is 1.80. The summed E-state index contributed by atoms with van der Waals surface area (Å²) in [4.78, 5) is 14.3. The second-order valence-corrected chi connectivity index (χ2v) is 7.01. The summed E-state index contributed by atoms with van der Waals surface area (Å²) in [5.74, 6) is 1.48. The number of carbonyl (C=O) groups is 1. The van der Waals surface area contributed by atoms with Crippen molar-refractivity contribution in [2.75, 3.05) is 13.1 Å².